The molecule has 1 aliphatic heterocycles. The minimum absolute atomic E-state index is 0.220. The molecule has 1 aliphatic rings. The third-order valence-electron chi connectivity index (χ3n) is 4.94. The first-order chi connectivity index (χ1) is 15.3. The minimum atomic E-state index is -1.73. The molecule has 0 unspecified atom stereocenters. The summed E-state index contributed by atoms with van der Waals surface area (Å²) < 4.78 is 40.9. The van der Waals surface area contributed by atoms with E-state index in [2.05, 4.69) is 10.3 Å². The average molecular weight is 459 g/mol. The molecule has 164 valence electrons. The lowest BCUT2D eigenvalue weighted by molar-refractivity contribution is -0.116. The van der Waals surface area contributed by atoms with Crippen LogP contribution in [0.2, 0.25) is 0 Å². The largest absolute Gasteiger partial charge is 0.493 e. The zero-order chi connectivity index (χ0) is 23.0. The van der Waals surface area contributed by atoms with Crippen LogP contribution in [0.15, 0.2) is 40.1 Å². The summed E-state index contributed by atoms with van der Waals surface area (Å²) in [7, 11) is 0. The van der Waals surface area contributed by atoms with Crippen LogP contribution in [0.3, 0.4) is 0 Å². The van der Waals surface area contributed by atoms with Crippen molar-refractivity contribution in [1.29, 1.82) is 0 Å². The second-order valence-electron chi connectivity index (χ2n) is 6.94. The van der Waals surface area contributed by atoms with E-state index >= 15 is 0 Å². The van der Waals surface area contributed by atoms with Gasteiger partial charge in [0, 0.05) is 17.4 Å². The fourth-order valence-electron chi connectivity index (χ4n) is 3.33. The molecule has 0 bridgehead atoms. The number of aromatic hydroxyl groups is 1. The van der Waals surface area contributed by atoms with E-state index in [0.717, 1.165) is 45.2 Å². The van der Waals surface area contributed by atoms with E-state index in [0.29, 0.717) is 11.6 Å². The molecule has 1 aromatic heterocycles. The quantitative estimate of drug-likeness (QED) is 0.552. The van der Waals surface area contributed by atoms with Crippen molar-refractivity contribution < 1.29 is 23.1 Å². The van der Waals surface area contributed by atoms with Crippen molar-refractivity contribution in [3.05, 3.63) is 73.5 Å². The Kier molecular flexibility index (Phi) is 5.70. The van der Waals surface area contributed by atoms with Crippen molar-refractivity contribution in [2.45, 2.75) is 19.9 Å². The third-order valence-corrected chi connectivity index (χ3v) is 5.85. The average Bonchev–Trinajstić information content (AvgIpc) is 3.30. The van der Waals surface area contributed by atoms with Crippen LogP contribution in [0, 0.1) is 17.5 Å². The van der Waals surface area contributed by atoms with Gasteiger partial charge < -0.3 is 10.4 Å². The van der Waals surface area contributed by atoms with Crippen LogP contribution in [0.1, 0.15) is 22.9 Å². The van der Waals surface area contributed by atoms with Gasteiger partial charge in [0.05, 0.1) is 16.3 Å². The minimum Gasteiger partial charge on any atom is -0.493 e. The predicted molar refractivity (Wildman–Crippen MR) is 117 cm³/mol. The van der Waals surface area contributed by atoms with Crippen molar-refractivity contribution in [1.82, 2.24) is 4.57 Å². The number of anilines is 1. The van der Waals surface area contributed by atoms with Gasteiger partial charge in [-0.05, 0) is 30.2 Å². The number of aromatic nitrogens is 1. The van der Waals surface area contributed by atoms with Gasteiger partial charge in [0.25, 0.3) is 0 Å². The van der Waals surface area contributed by atoms with Crippen molar-refractivity contribution in [3.63, 3.8) is 0 Å². The predicted octanol–water partition coefficient (Wildman–Crippen LogP) is 4.49. The number of benzene rings is 2. The molecule has 2 N–H and O–H groups in total. The number of aliphatic imine (C=N–C) groups is 1. The standard InChI is InChI=1S/C22H16F3N3O3S/c1-2-11-4-3-5-13-12(9-26-20(11)13)8-16-21(30)28(22(31)32-16)10-17(29)27-15-7-6-14(23)18(24)19(15)25/h3-9,30H,2,10H2,1H3,(H,27,29). The molecule has 0 atom stereocenters. The van der Waals surface area contributed by atoms with Crippen molar-refractivity contribution in [2.24, 2.45) is 4.99 Å². The molecule has 6 nitrogen and oxygen atoms in total. The molecule has 0 radical (unpaired) electrons. The van der Waals surface area contributed by atoms with Gasteiger partial charge in [0.2, 0.25) is 11.8 Å². The number of nitrogens with zero attached hydrogens (tertiary/aromatic N) is 2. The smallest absolute Gasteiger partial charge is 0.311 e. The Morgan fingerprint density at radius 2 is 2.00 bits per heavy atom. The second-order valence-corrected chi connectivity index (χ2v) is 7.93. The summed E-state index contributed by atoms with van der Waals surface area (Å²) in [6, 6.07) is 7.28. The van der Waals surface area contributed by atoms with E-state index in [1.54, 1.807) is 12.3 Å². The molecule has 3 aromatic rings. The summed E-state index contributed by atoms with van der Waals surface area (Å²) in [6.07, 6.45) is 4.03. The Labute approximate surface area is 184 Å². The number of carbonyl (C=O) groups excluding carboxylic acids is 1. The Morgan fingerprint density at radius 3 is 2.75 bits per heavy atom. The number of fused-ring (bicyclic) bond motifs is 1. The lowest BCUT2D eigenvalue weighted by Gasteiger charge is -2.08. The number of allylic oxidation sites excluding steroid dienone is 1. The second kappa shape index (κ2) is 8.46. The first kappa shape index (κ1) is 21.6. The molecule has 0 spiro atoms. The van der Waals surface area contributed by atoms with Gasteiger partial charge in [-0.1, -0.05) is 36.5 Å². The summed E-state index contributed by atoms with van der Waals surface area (Å²) in [5.41, 5.74) is 2.89. The Bertz CT molecular complexity index is 1360. The molecule has 4 rings (SSSR count). The highest BCUT2D eigenvalue weighted by Crippen LogP contribution is 2.37. The van der Waals surface area contributed by atoms with Crippen LogP contribution in [0.5, 0.6) is 5.88 Å². The molecule has 2 aromatic carbocycles. The summed E-state index contributed by atoms with van der Waals surface area (Å²) in [6.45, 7) is 1.37. The van der Waals surface area contributed by atoms with E-state index in [4.69, 9.17) is 0 Å². The number of rotatable bonds is 5. The maximum absolute atomic E-state index is 13.8. The Hall–Kier alpha value is -3.66. The van der Waals surface area contributed by atoms with E-state index in [1.165, 1.54) is 0 Å². The monoisotopic (exact) mass is 459 g/mol. The Balaban J connectivity index is 1.58. The van der Waals surface area contributed by atoms with Crippen LogP contribution >= 0.6 is 11.3 Å². The normalized spacial score (nSPS) is 13.6. The Morgan fingerprint density at radius 1 is 1.22 bits per heavy atom. The van der Waals surface area contributed by atoms with Gasteiger partial charge in [-0.2, -0.15) is 0 Å². The lowest BCUT2D eigenvalue weighted by atomic mass is 10.0. The number of halogens is 3. The molecule has 1 amide bonds. The number of thiazole rings is 1. The molecule has 0 fully saturated rings. The van der Waals surface area contributed by atoms with Crippen LogP contribution in [0.4, 0.5) is 24.5 Å². The zero-order valence-electron chi connectivity index (χ0n) is 16.7. The van der Waals surface area contributed by atoms with Crippen molar-refractivity contribution in [2.75, 3.05) is 5.32 Å². The van der Waals surface area contributed by atoms with Crippen molar-refractivity contribution >= 4 is 46.5 Å². The highest BCUT2D eigenvalue weighted by Gasteiger charge is 2.20. The zero-order valence-corrected chi connectivity index (χ0v) is 17.5. The van der Waals surface area contributed by atoms with E-state index < -0.39 is 46.3 Å². The molecule has 0 aliphatic carbocycles. The van der Waals surface area contributed by atoms with Crippen LogP contribution in [-0.4, -0.2) is 21.8 Å². The number of hydrogen-bond donors (Lipinski definition) is 2. The van der Waals surface area contributed by atoms with E-state index in [1.807, 2.05) is 25.1 Å². The highest BCUT2D eigenvalue weighted by molar-refractivity contribution is 7.10. The number of nitrogens with one attached hydrogen (secondary N) is 1. The highest BCUT2D eigenvalue weighted by atomic mass is 32.1. The van der Waals surface area contributed by atoms with Gasteiger partial charge in [0.15, 0.2) is 17.5 Å². The maximum Gasteiger partial charge on any atom is 0.311 e. The van der Waals surface area contributed by atoms with Gasteiger partial charge in [0.1, 0.15) is 6.54 Å². The lowest BCUT2D eigenvalue weighted by Crippen LogP contribution is -2.24. The van der Waals surface area contributed by atoms with Crippen molar-refractivity contribution in [3.8, 4) is 5.88 Å². The van der Waals surface area contributed by atoms with Crippen LogP contribution < -0.4 is 10.2 Å². The summed E-state index contributed by atoms with van der Waals surface area (Å²) >= 11 is 0.724. The SMILES string of the molecule is CCc1cccc2c1N=CC2=Cc1sc(=O)n(CC(=O)Nc2ccc(F)c(F)c2F)c1O. The van der Waals surface area contributed by atoms with E-state index in [9.17, 15) is 27.9 Å². The fourth-order valence-corrected chi connectivity index (χ4v) is 4.16. The molecule has 2 heterocycles. The van der Waals surface area contributed by atoms with Gasteiger partial charge >= 0.3 is 4.87 Å². The summed E-state index contributed by atoms with van der Waals surface area (Å²) in [4.78, 5) is 28.6. The summed E-state index contributed by atoms with van der Waals surface area (Å²) in [5, 5.41) is 12.6. The molecule has 0 saturated heterocycles. The summed E-state index contributed by atoms with van der Waals surface area (Å²) in [5.74, 6) is -6.02. The van der Waals surface area contributed by atoms with Gasteiger partial charge in [-0.15, -0.1) is 0 Å². The first-order valence-electron chi connectivity index (χ1n) is 9.54. The molecular formula is C22H16F3N3O3S. The molecule has 32 heavy (non-hydrogen) atoms. The molecule has 0 saturated carbocycles. The number of para-hydroxylation sites is 1. The number of aryl methyl sites for hydroxylation is 1. The van der Waals surface area contributed by atoms with E-state index in [-0.39, 0.29) is 4.88 Å². The van der Waals surface area contributed by atoms with Gasteiger partial charge in [-0.3, -0.25) is 19.1 Å². The maximum atomic E-state index is 13.8. The first-order valence-corrected chi connectivity index (χ1v) is 10.4. The third kappa shape index (κ3) is 3.84. The number of carbonyl (C=O) groups is 1. The fraction of sp³-hybridized carbons (Fsp3) is 0.136. The number of hydrogen-bond acceptors (Lipinski definition) is 5. The van der Waals surface area contributed by atoms with Crippen LogP contribution in [0.25, 0.3) is 11.6 Å². The van der Waals surface area contributed by atoms with Crippen LogP contribution in [-0.2, 0) is 17.8 Å². The topological polar surface area (TPSA) is 83.7 Å². The van der Waals surface area contributed by atoms with Gasteiger partial charge in [-0.25, -0.2) is 13.2 Å². The molecule has 10 heteroatoms. The number of amides is 1. The molecular weight excluding hydrogens is 443 g/mol.